The van der Waals surface area contributed by atoms with Crippen LogP contribution in [0.4, 0.5) is 4.39 Å². The summed E-state index contributed by atoms with van der Waals surface area (Å²) in [6.07, 6.45) is 0.302. The topological polar surface area (TPSA) is 95.1 Å². The maximum atomic E-state index is 13.5. The molecule has 0 aliphatic heterocycles. The van der Waals surface area contributed by atoms with Crippen LogP contribution in [0.15, 0.2) is 52.4 Å². The van der Waals surface area contributed by atoms with Crippen LogP contribution < -0.4 is 10.7 Å². The second kappa shape index (κ2) is 7.97. The van der Waals surface area contributed by atoms with E-state index in [2.05, 4.69) is 4.98 Å². The van der Waals surface area contributed by atoms with E-state index in [1.54, 1.807) is 24.3 Å². The first-order chi connectivity index (χ1) is 12.8. The molecule has 1 aromatic heterocycles. The zero-order chi connectivity index (χ0) is 19.6. The van der Waals surface area contributed by atoms with Crippen LogP contribution in [0.2, 0.25) is 5.02 Å². The Morgan fingerprint density at radius 3 is 2.67 bits per heavy atom. The summed E-state index contributed by atoms with van der Waals surface area (Å²) in [4.78, 5) is 17.5. The zero-order valence-corrected chi connectivity index (χ0v) is 16.3. The van der Waals surface area contributed by atoms with Crippen LogP contribution in [0.1, 0.15) is 6.42 Å². The fourth-order valence-electron chi connectivity index (χ4n) is 2.48. The van der Waals surface area contributed by atoms with Gasteiger partial charge >= 0.3 is 0 Å². The van der Waals surface area contributed by atoms with Crippen LogP contribution in [-0.2, 0) is 10.0 Å². The molecule has 0 aliphatic carbocycles. The molecule has 3 rings (SSSR count). The number of aromatic nitrogens is 2. The first kappa shape index (κ1) is 19.8. The van der Waals surface area contributed by atoms with Gasteiger partial charge in [0, 0.05) is 5.75 Å². The van der Waals surface area contributed by atoms with Gasteiger partial charge in [0.2, 0.25) is 10.0 Å². The Labute approximate surface area is 164 Å². The van der Waals surface area contributed by atoms with E-state index in [4.69, 9.17) is 16.7 Å². The Morgan fingerprint density at radius 2 is 1.96 bits per heavy atom. The van der Waals surface area contributed by atoms with Crippen LogP contribution >= 0.6 is 23.4 Å². The van der Waals surface area contributed by atoms with Crippen molar-refractivity contribution < 1.29 is 12.8 Å². The number of halogens is 2. The van der Waals surface area contributed by atoms with Gasteiger partial charge in [0.25, 0.3) is 5.56 Å². The number of nitrogens with two attached hydrogens (primary N) is 1. The highest BCUT2D eigenvalue weighted by Gasteiger charge is 2.15. The van der Waals surface area contributed by atoms with Crippen LogP contribution in [0, 0.1) is 5.82 Å². The van der Waals surface area contributed by atoms with Crippen molar-refractivity contribution in [3.8, 4) is 5.69 Å². The SMILES string of the molecule is NS(=O)(=O)CCCSc1nc2ccccc2c(=O)n1-c1ccc(F)c(Cl)c1. The standard InChI is InChI=1S/C17H15ClFN3O3S2/c18-13-10-11(6-7-14(13)19)22-16(23)12-4-1-2-5-15(12)21-17(22)26-8-3-9-27(20,24)25/h1-2,4-7,10H,3,8-9H2,(H2,20,24,25). The molecule has 0 saturated heterocycles. The summed E-state index contributed by atoms with van der Waals surface area (Å²) < 4.78 is 37.0. The first-order valence-electron chi connectivity index (χ1n) is 7.87. The van der Waals surface area contributed by atoms with E-state index < -0.39 is 15.8 Å². The summed E-state index contributed by atoms with van der Waals surface area (Å²) in [5.74, 6) is -0.374. The van der Waals surface area contributed by atoms with Gasteiger partial charge in [0.1, 0.15) is 5.82 Å². The third-order valence-corrected chi connectivity index (χ3v) is 5.88. The third kappa shape index (κ3) is 4.67. The molecule has 6 nitrogen and oxygen atoms in total. The molecule has 0 aliphatic rings. The number of benzene rings is 2. The van der Waals surface area contributed by atoms with Crippen molar-refractivity contribution in [2.24, 2.45) is 5.14 Å². The lowest BCUT2D eigenvalue weighted by Gasteiger charge is -2.13. The van der Waals surface area contributed by atoms with Gasteiger partial charge in [-0.2, -0.15) is 0 Å². The quantitative estimate of drug-likeness (QED) is 0.370. The first-order valence-corrected chi connectivity index (χ1v) is 10.9. The minimum absolute atomic E-state index is 0.113. The molecule has 0 fully saturated rings. The highest BCUT2D eigenvalue weighted by atomic mass is 35.5. The van der Waals surface area contributed by atoms with Gasteiger partial charge in [0.05, 0.1) is 27.4 Å². The van der Waals surface area contributed by atoms with E-state index in [-0.39, 0.29) is 16.3 Å². The Hall–Kier alpha value is -1.94. The number of nitrogens with zero attached hydrogens (tertiary/aromatic N) is 2. The van der Waals surface area contributed by atoms with Gasteiger partial charge in [-0.25, -0.2) is 22.9 Å². The molecule has 0 unspecified atom stereocenters. The maximum Gasteiger partial charge on any atom is 0.266 e. The lowest BCUT2D eigenvalue weighted by atomic mass is 10.2. The van der Waals surface area contributed by atoms with Crippen molar-refractivity contribution in [3.63, 3.8) is 0 Å². The maximum absolute atomic E-state index is 13.5. The molecule has 0 radical (unpaired) electrons. The van der Waals surface area contributed by atoms with Gasteiger partial charge < -0.3 is 0 Å². The van der Waals surface area contributed by atoms with Crippen molar-refractivity contribution in [1.29, 1.82) is 0 Å². The fraction of sp³-hybridized carbons (Fsp3) is 0.176. The van der Waals surface area contributed by atoms with Crippen molar-refractivity contribution in [3.05, 3.63) is 63.7 Å². The minimum Gasteiger partial charge on any atom is -0.268 e. The number of rotatable bonds is 6. The number of fused-ring (bicyclic) bond motifs is 1. The second-order valence-electron chi connectivity index (χ2n) is 5.72. The Morgan fingerprint density at radius 1 is 1.22 bits per heavy atom. The summed E-state index contributed by atoms with van der Waals surface area (Å²) in [6.45, 7) is 0. The van der Waals surface area contributed by atoms with E-state index in [1.807, 2.05) is 0 Å². The summed E-state index contributed by atoms with van der Waals surface area (Å²) in [5.41, 5.74) is 0.566. The van der Waals surface area contributed by atoms with Crippen molar-refractivity contribution in [1.82, 2.24) is 9.55 Å². The zero-order valence-electron chi connectivity index (χ0n) is 13.9. The lowest BCUT2D eigenvalue weighted by molar-refractivity contribution is 0.596. The van der Waals surface area contributed by atoms with Crippen LogP contribution in [0.5, 0.6) is 0 Å². The third-order valence-electron chi connectivity index (χ3n) is 3.71. The molecule has 3 aromatic rings. The lowest BCUT2D eigenvalue weighted by Crippen LogP contribution is -2.22. The van der Waals surface area contributed by atoms with Crippen molar-refractivity contribution >= 4 is 44.3 Å². The number of hydrogen-bond acceptors (Lipinski definition) is 5. The van der Waals surface area contributed by atoms with Gasteiger partial charge in [-0.3, -0.25) is 9.36 Å². The Bertz CT molecular complexity index is 1170. The van der Waals surface area contributed by atoms with Crippen LogP contribution in [0.3, 0.4) is 0 Å². The second-order valence-corrected chi connectivity index (χ2v) is 8.92. The molecule has 0 saturated carbocycles. The van der Waals surface area contributed by atoms with E-state index in [0.717, 1.165) is 0 Å². The van der Waals surface area contributed by atoms with Crippen LogP contribution in [0.25, 0.3) is 16.6 Å². The van der Waals surface area contributed by atoms with Crippen molar-refractivity contribution in [2.75, 3.05) is 11.5 Å². The van der Waals surface area contributed by atoms with E-state index in [9.17, 15) is 17.6 Å². The summed E-state index contributed by atoms with van der Waals surface area (Å²) >= 11 is 7.08. The van der Waals surface area contributed by atoms with Gasteiger partial charge in [-0.05, 0) is 36.8 Å². The Kier molecular flexibility index (Phi) is 5.85. The molecule has 2 aromatic carbocycles. The van der Waals surface area contributed by atoms with Crippen molar-refractivity contribution in [2.45, 2.75) is 11.6 Å². The smallest absolute Gasteiger partial charge is 0.266 e. The van der Waals surface area contributed by atoms with E-state index in [0.29, 0.717) is 33.9 Å². The van der Waals surface area contributed by atoms with Gasteiger partial charge in [-0.1, -0.05) is 35.5 Å². The average molecular weight is 428 g/mol. The van der Waals surface area contributed by atoms with E-state index in [1.165, 1.54) is 34.5 Å². The molecule has 142 valence electrons. The molecule has 0 bridgehead atoms. The molecular formula is C17H15ClFN3O3S2. The largest absolute Gasteiger partial charge is 0.268 e. The monoisotopic (exact) mass is 427 g/mol. The fourth-order valence-corrected chi connectivity index (χ4v) is 4.34. The molecule has 2 N–H and O–H groups in total. The molecular weight excluding hydrogens is 413 g/mol. The highest BCUT2D eigenvalue weighted by Crippen LogP contribution is 2.24. The highest BCUT2D eigenvalue weighted by molar-refractivity contribution is 7.99. The minimum atomic E-state index is -3.56. The summed E-state index contributed by atoms with van der Waals surface area (Å²) in [6, 6.07) is 10.8. The number of thioether (sulfide) groups is 1. The van der Waals surface area contributed by atoms with E-state index >= 15 is 0 Å². The van der Waals surface area contributed by atoms with Crippen LogP contribution in [-0.4, -0.2) is 29.5 Å². The molecule has 10 heteroatoms. The van der Waals surface area contributed by atoms with Gasteiger partial charge in [0.15, 0.2) is 5.16 Å². The normalized spacial score (nSPS) is 11.8. The average Bonchev–Trinajstić information content (AvgIpc) is 2.61. The molecule has 0 spiro atoms. The number of para-hydroxylation sites is 1. The number of sulfonamides is 1. The number of primary sulfonamides is 1. The molecule has 0 amide bonds. The van der Waals surface area contributed by atoms with Gasteiger partial charge in [-0.15, -0.1) is 0 Å². The summed E-state index contributed by atoms with van der Waals surface area (Å²) in [7, 11) is -3.56. The summed E-state index contributed by atoms with van der Waals surface area (Å²) in [5, 5.41) is 5.66. The molecule has 0 atom stereocenters. The predicted molar refractivity (Wildman–Crippen MR) is 106 cm³/mol. The molecule has 1 heterocycles. The molecule has 27 heavy (non-hydrogen) atoms. The Balaban J connectivity index is 2.07. The predicted octanol–water partition coefficient (Wildman–Crippen LogP) is 2.95. The number of hydrogen-bond donors (Lipinski definition) is 1.